The Morgan fingerprint density at radius 1 is 1.06 bits per heavy atom. The number of rotatable bonds is 11. The molecule has 2 atom stereocenters. The fourth-order valence-corrected chi connectivity index (χ4v) is 2.73. The molecule has 0 aliphatic carbocycles. The Morgan fingerprint density at radius 3 is 2.16 bits per heavy atom. The molecule has 9 nitrogen and oxygen atoms in total. The lowest BCUT2D eigenvalue weighted by atomic mass is 10.2. The van der Waals surface area contributed by atoms with Crippen LogP contribution in [0.4, 0.5) is 17.1 Å². The summed E-state index contributed by atoms with van der Waals surface area (Å²) in [6.45, 7) is 2.61. The maximum Gasteiger partial charge on any atom is 0.251 e. The number of carbonyl (C=O) groups excluding carboxylic acids is 1. The van der Waals surface area contributed by atoms with E-state index in [0.29, 0.717) is 30.8 Å². The highest BCUT2D eigenvalue weighted by Crippen LogP contribution is 2.24. The number of nitrogens with one attached hydrogen (secondary N) is 1. The molecule has 32 heavy (non-hydrogen) atoms. The summed E-state index contributed by atoms with van der Waals surface area (Å²) in [6.07, 6.45) is -0.129. The van der Waals surface area contributed by atoms with Crippen LogP contribution in [-0.2, 0) is 9.26 Å². The Bertz CT molecular complexity index is 773. The van der Waals surface area contributed by atoms with Crippen LogP contribution in [0.2, 0.25) is 0 Å². The number of nitrogen functional groups attached to an aromatic ring is 2. The van der Waals surface area contributed by atoms with Gasteiger partial charge in [0.05, 0.1) is 13.2 Å². The third-order valence-electron chi connectivity index (χ3n) is 4.10. The van der Waals surface area contributed by atoms with Crippen molar-refractivity contribution in [2.45, 2.75) is 12.5 Å². The number of nitrogens with zero attached hydrogens (tertiary/aromatic N) is 1. The molecule has 0 aromatic heterocycles. The molecule has 0 aliphatic heterocycles. The predicted molar refractivity (Wildman–Crippen MR) is 131 cm³/mol. The molecule has 1 amide bonds. The van der Waals surface area contributed by atoms with E-state index in [-0.39, 0.29) is 19.1 Å². The van der Waals surface area contributed by atoms with Gasteiger partial charge < -0.3 is 40.9 Å². The summed E-state index contributed by atoms with van der Waals surface area (Å²) in [5, 5.41) is 12.3. The summed E-state index contributed by atoms with van der Waals surface area (Å²) >= 11 is 0. The van der Waals surface area contributed by atoms with E-state index >= 15 is 0 Å². The Kier molecular flexibility index (Phi) is 13.3. The highest BCUT2D eigenvalue weighted by atomic mass is 31.2. The van der Waals surface area contributed by atoms with E-state index in [1.165, 1.54) is 12.4 Å². The molecule has 7 N–H and O–H groups in total. The van der Waals surface area contributed by atoms with Crippen LogP contribution in [0.15, 0.2) is 48.5 Å². The number of anilines is 3. The van der Waals surface area contributed by atoms with Gasteiger partial charge >= 0.3 is 0 Å². The molecule has 0 heterocycles. The summed E-state index contributed by atoms with van der Waals surface area (Å²) in [4.78, 5) is 22.8. The molecule has 2 rings (SSSR count). The molecule has 0 aliphatic rings. The predicted octanol–water partition coefficient (Wildman–Crippen LogP) is 2.05. The average Bonchev–Trinajstić information content (AvgIpc) is 2.75. The highest BCUT2D eigenvalue weighted by Gasteiger charge is 2.07. The van der Waals surface area contributed by atoms with Gasteiger partial charge in [-0.25, -0.2) is 0 Å². The summed E-state index contributed by atoms with van der Waals surface area (Å²) in [5.74, 6) is -0.160. The molecule has 2 unspecified atom stereocenters. The maximum atomic E-state index is 11.8. The van der Waals surface area contributed by atoms with Crippen LogP contribution in [0.5, 0.6) is 0 Å². The number of hydrogen-bond donors (Lipinski definition) is 5. The first kappa shape index (κ1) is 27.6. The van der Waals surface area contributed by atoms with Crippen molar-refractivity contribution < 1.29 is 24.1 Å². The number of hydrogen-bond acceptors (Lipinski definition) is 8. The fourth-order valence-electron chi connectivity index (χ4n) is 2.35. The number of amides is 1. The molecule has 0 saturated heterocycles. The minimum Gasteiger partial charge on any atom is -0.399 e. The van der Waals surface area contributed by atoms with Crippen molar-refractivity contribution >= 4 is 31.3 Å². The number of nitrogens with two attached hydrogens (primary N) is 2. The topological polar surface area (TPSA) is 143 Å². The molecule has 0 bridgehead atoms. The maximum absolute atomic E-state index is 11.8. The van der Waals surface area contributed by atoms with Crippen molar-refractivity contribution in [2.75, 3.05) is 63.5 Å². The van der Waals surface area contributed by atoms with Crippen LogP contribution in [0, 0.1) is 0 Å². The second kappa shape index (κ2) is 15.4. The van der Waals surface area contributed by atoms with Crippen LogP contribution in [-0.4, -0.2) is 69.1 Å². The molecule has 2 aromatic rings. The molecule has 0 radical (unpaired) electrons. The van der Waals surface area contributed by atoms with Crippen LogP contribution in [0.1, 0.15) is 16.8 Å². The van der Waals surface area contributed by atoms with Crippen molar-refractivity contribution in [3.63, 3.8) is 0 Å². The lowest BCUT2D eigenvalue weighted by Crippen LogP contribution is -2.26. The normalized spacial score (nSPS) is 12.3. The second-order valence-electron chi connectivity index (χ2n) is 7.21. The van der Waals surface area contributed by atoms with Gasteiger partial charge in [0.15, 0.2) is 8.38 Å². The summed E-state index contributed by atoms with van der Waals surface area (Å²) in [5.41, 5.74) is 14.2. The zero-order valence-electron chi connectivity index (χ0n) is 18.9. The Hall–Kier alpha value is -2.42. The number of aliphatic hydroxyl groups excluding tert-OH is 1. The van der Waals surface area contributed by atoms with Gasteiger partial charge in [0.1, 0.15) is 6.10 Å². The van der Waals surface area contributed by atoms with E-state index < -0.39 is 14.5 Å². The van der Waals surface area contributed by atoms with Gasteiger partial charge in [-0.2, -0.15) is 0 Å². The van der Waals surface area contributed by atoms with E-state index in [1.54, 1.807) is 24.3 Å². The number of carbonyl (C=O) groups is 1. The Labute approximate surface area is 191 Å². The first-order valence-corrected chi connectivity index (χ1v) is 11.8. The third-order valence-corrected chi connectivity index (χ3v) is 4.62. The number of ether oxygens (including phenoxy) is 1. The molecule has 0 fully saturated rings. The van der Waals surface area contributed by atoms with E-state index in [0.717, 1.165) is 5.69 Å². The van der Waals surface area contributed by atoms with Crippen molar-refractivity contribution in [3.8, 4) is 0 Å². The van der Waals surface area contributed by atoms with Gasteiger partial charge in [-0.3, -0.25) is 4.79 Å². The van der Waals surface area contributed by atoms with E-state index in [1.807, 2.05) is 43.3 Å². The van der Waals surface area contributed by atoms with E-state index in [9.17, 15) is 9.90 Å². The fraction of sp³-hybridized carbons (Fsp3) is 0.409. The van der Waals surface area contributed by atoms with Crippen LogP contribution < -0.4 is 21.7 Å². The minimum absolute atomic E-state index is 0.0482. The zero-order chi connectivity index (χ0) is 23.9. The van der Waals surface area contributed by atoms with Gasteiger partial charge in [0.2, 0.25) is 0 Å². The summed E-state index contributed by atoms with van der Waals surface area (Å²) in [7, 11) is 2.55. The first-order chi connectivity index (χ1) is 15.2. The van der Waals surface area contributed by atoms with Crippen LogP contribution >= 0.6 is 8.38 Å². The van der Waals surface area contributed by atoms with Gasteiger partial charge in [0, 0.05) is 56.5 Å². The standard InChI is InChI=1S/C14H23N2O5P.C8H12N2/c1-22(19)21-10-13(17)9-20-8-2-7-16-14(18)11-3-5-12(15)6-4-11;1-10(2)8-5-3-7(9)4-6-8/h3-6,13,17,19H,2,7-10,15H2,1H3,(H,16,18);3-6H,9H2,1-2H3. The monoisotopic (exact) mass is 466 g/mol. The molecule has 0 spiro atoms. The second-order valence-corrected chi connectivity index (χ2v) is 8.39. The highest BCUT2D eigenvalue weighted by molar-refractivity contribution is 7.45. The number of benzene rings is 2. The van der Waals surface area contributed by atoms with Crippen LogP contribution in [0.3, 0.4) is 0 Å². The number of aliphatic hydroxyl groups is 1. The molecule has 178 valence electrons. The SMILES string of the molecule is CN(C)c1ccc(N)cc1.CP(O)OCC(O)COCCCNC(=O)c1ccc(N)cc1. The smallest absolute Gasteiger partial charge is 0.251 e. The third kappa shape index (κ3) is 12.4. The molecule has 0 saturated carbocycles. The molecular formula is C22H35N4O5P. The lowest BCUT2D eigenvalue weighted by molar-refractivity contribution is 0.0121. The zero-order valence-corrected chi connectivity index (χ0v) is 19.8. The van der Waals surface area contributed by atoms with Gasteiger partial charge in [-0.05, 0) is 55.0 Å². The average molecular weight is 467 g/mol. The van der Waals surface area contributed by atoms with Crippen molar-refractivity contribution in [1.29, 1.82) is 0 Å². The van der Waals surface area contributed by atoms with Gasteiger partial charge in [-0.15, -0.1) is 0 Å². The van der Waals surface area contributed by atoms with Gasteiger partial charge in [-0.1, -0.05) is 0 Å². The summed E-state index contributed by atoms with van der Waals surface area (Å²) in [6, 6.07) is 14.5. The first-order valence-electron chi connectivity index (χ1n) is 10.2. The van der Waals surface area contributed by atoms with Crippen molar-refractivity contribution in [3.05, 3.63) is 54.1 Å². The van der Waals surface area contributed by atoms with Crippen molar-refractivity contribution in [2.24, 2.45) is 0 Å². The van der Waals surface area contributed by atoms with E-state index in [2.05, 4.69) is 5.32 Å². The van der Waals surface area contributed by atoms with Crippen molar-refractivity contribution in [1.82, 2.24) is 5.32 Å². The van der Waals surface area contributed by atoms with Gasteiger partial charge in [0.25, 0.3) is 5.91 Å². The quantitative estimate of drug-likeness (QED) is 0.192. The van der Waals surface area contributed by atoms with E-state index in [4.69, 9.17) is 25.6 Å². The Balaban J connectivity index is 0.000000425. The molecular weight excluding hydrogens is 431 g/mol. The largest absolute Gasteiger partial charge is 0.399 e. The molecule has 2 aromatic carbocycles. The Morgan fingerprint density at radius 2 is 1.62 bits per heavy atom. The summed E-state index contributed by atoms with van der Waals surface area (Å²) < 4.78 is 10.2. The molecule has 10 heteroatoms. The minimum atomic E-state index is -1.46. The van der Waals surface area contributed by atoms with Crippen LogP contribution in [0.25, 0.3) is 0 Å². The lowest BCUT2D eigenvalue weighted by Gasteiger charge is -2.12.